The Kier molecular flexibility index (Phi) is 6.28. The number of carbonyl (C=O) groups excluding carboxylic acids is 2. The first-order valence-electron chi connectivity index (χ1n) is 8.71. The van der Waals surface area contributed by atoms with Gasteiger partial charge in [-0.3, -0.25) is 0 Å². The average Bonchev–Trinajstić information content (AvgIpc) is 2.52. The van der Waals surface area contributed by atoms with E-state index in [-0.39, 0.29) is 24.8 Å². The normalized spacial score (nSPS) is 20.7. The van der Waals surface area contributed by atoms with Crippen LogP contribution in [-0.4, -0.2) is 41.3 Å². The van der Waals surface area contributed by atoms with Gasteiger partial charge in [0, 0.05) is 18.6 Å². The highest BCUT2D eigenvalue weighted by Crippen LogP contribution is 2.20. The second-order valence-corrected chi connectivity index (χ2v) is 7.45. The molecule has 25 heavy (non-hydrogen) atoms. The van der Waals surface area contributed by atoms with Crippen molar-refractivity contribution < 1.29 is 19.1 Å². The molecule has 6 heteroatoms. The molecule has 6 nitrogen and oxygen atoms in total. The largest absolute Gasteiger partial charge is 0.445 e. The molecule has 1 saturated heterocycles. The molecular formula is C19H28N2O4. The molecule has 1 fully saturated rings. The standard InChI is InChI=1S/C19H28N2O4/c1-14-12-16(10-11-21(14)18(23)25-19(2,3)4)20-17(22)24-13-15-8-6-5-7-9-15/h5-9,14,16H,10-13H2,1-4H3,(H,20,22)/t14-,16+/m0/s1. The summed E-state index contributed by atoms with van der Waals surface area (Å²) in [6, 6.07) is 9.56. The summed E-state index contributed by atoms with van der Waals surface area (Å²) < 4.78 is 10.7. The van der Waals surface area contributed by atoms with E-state index >= 15 is 0 Å². The molecule has 0 saturated carbocycles. The van der Waals surface area contributed by atoms with E-state index in [0.717, 1.165) is 5.56 Å². The van der Waals surface area contributed by atoms with Crippen molar-refractivity contribution in [2.45, 2.75) is 64.8 Å². The van der Waals surface area contributed by atoms with Crippen LogP contribution >= 0.6 is 0 Å². The SMILES string of the molecule is C[C@H]1C[C@H](NC(=O)OCc2ccccc2)CCN1C(=O)OC(C)(C)C. The van der Waals surface area contributed by atoms with Crippen molar-refractivity contribution in [3.63, 3.8) is 0 Å². The minimum atomic E-state index is -0.507. The maximum atomic E-state index is 12.2. The van der Waals surface area contributed by atoms with Crippen molar-refractivity contribution in [1.82, 2.24) is 10.2 Å². The van der Waals surface area contributed by atoms with Crippen LogP contribution in [0.4, 0.5) is 9.59 Å². The topological polar surface area (TPSA) is 67.9 Å². The number of piperidine rings is 1. The third-order valence-corrected chi connectivity index (χ3v) is 4.04. The average molecular weight is 348 g/mol. The summed E-state index contributed by atoms with van der Waals surface area (Å²) in [6.07, 6.45) is 0.640. The van der Waals surface area contributed by atoms with Crippen LogP contribution in [0, 0.1) is 0 Å². The fourth-order valence-electron chi connectivity index (χ4n) is 2.83. The van der Waals surface area contributed by atoms with Crippen LogP contribution in [0.5, 0.6) is 0 Å². The molecule has 0 unspecified atom stereocenters. The van der Waals surface area contributed by atoms with E-state index in [1.165, 1.54) is 0 Å². The lowest BCUT2D eigenvalue weighted by Crippen LogP contribution is -2.52. The Morgan fingerprint density at radius 3 is 2.52 bits per heavy atom. The van der Waals surface area contributed by atoms with Crippen LogP contribution in [0.15, 0.2) is 30.3 Å². The minimum Gasteiger partial charge on any atom is -0.445 e. The molecule has 0 bridgehead atoms. The molecule has 2 atom stereocenters. The van der Waals surface area contributed by atoms with Gasteiger partial charge in [0.05, 0.1) is 0 Å². The van der Waals surface area contributed by atoms with Crippen LogP contribution in [0.25, 0.3) is 0 Å². The number of hydrogen-bond donors (Lipinski definition) is 1. The fourth-order valence-corrected chi connectivity index (χ4v) is 2.83. The number of amides is 2. The molecular weight excluding hydrogens is 320 g/mol. The number of ether oxygens (including phenoxy) is 2. The third kappa shape index (κ3) is 6.29. The van der Waals surface area contributed by atoms with Crippen molar-refractivity contribution in [1.29, 1.82) is 0 Å². The van der Waals surface area contributed by atoms with Gasteiger partial charge in [-0.15, -0.1) is 0 Å². The van der Waals surface area contributed by atoms with Gasteiger partial charge in [0.25, 0.3) is 0 Å². The van der Waals surface area contributed by atoms with Crippen molar-refractivity contribution in [3.05, 3.63) is 35.9 Å². The van der Waals surface area contributed by atoms with Crippen molar-refractivity contribution >= 4 is 12.2 Å². The van der Waals surface area contributed by atoms with E-state index in [1.54, 1.807) is 4.90 Å². The predicted octanol–water partition coefficient (Wildman–Crippen LogP) is 3.70. The van der Waals surface area contributed by atoms with Crippen LogP contribution < -0.4 is 5.32 Å². The number of nitrogens with zero attached hydrogens (tertiary/aromatic N) is 1. The summed E-state index contributed by atoms with van der Waals surface area (Å²) in [5.41, 5.74) is 0.443. The number of benzene rings is 1. The Balaban J connectivity index is 1.76. The van der Waals surface area contributed by atoms with E-state index in [4.69, 9.17) is 9.47 Å². The van der Waals surface area contributed by atoms with E-state index in [9.17, 15) is 9.59 Å². The summed E-state index contributed by atoms with van der Waals surface area (Å²) in [7, 11) is 0. The van der Waals surface area contributed by atoms with Gasteiger partial charge in [-0.05, 0) is 46.1 Å². The lowest BCUT2D eigenvalue weighted by Gasteiger charge is -2.38. The molecule has 1 aromatic rings. The van der Waals surface area contributed by atoms with E-state index < -0.39 is 11.7 Å². The Labute approximate surface area is 149 Å². The van der Waals surface area contributed by atoms with Gasteiger partial charge in [-0.2, -0.15) is 0 Å². The number of nitrogens with one attached hydrogen (secondary N) is 1. The molecule has 1 heterocycles. The Hall–Kier alpha value is -2.24. The maximum Gasteiger partial charge on any atom is 0.410 e. The molecule has 138 valence electrons. The van der Waals surface area contributed by atoms with Crippen molar-refractivity contribution in [3.8, 4) is 0 Å². The minimum absolute atomic E-state index is 0.00280. The molecule has 1 aliphatic rings. The summed E-state index contributed by atoms with van der Waals surface area (Å²) >= 11 is 0. The smallest absolute Gasteiger partial charge is 0.410 e. The Morgan fingerprint density at radius 2 is 1.92 bits per heavy atom. The van der Waals surface area contributed by atoms with Crippen LogP contribution in [0.1, 0.15) is 46.1 Å². The van der Waals surface area contributed by atoms with Crippen LogP contribution in [-0.2, 0) is 16.1 Å². The zero-order chi connectivity index (χ0) is 18.4. The fraction of sp³-hybridized carbons (Fsp3) is 0.579. The van der Waals surface area contributed by atoms with Gasteiger partial charge in [-0.25, -0.2) is 9.59 Å². The van der Waals surface area contributed by atoms with Gasteiger partial charge < -0.3 is 19.7 Å². The predicted molar refractivity (Wildman–Crippen MR) is 95.2 cm³/mol. The highest BCUT2D eigenvalue weighted by Gasteiger charge is 2.32. The number of likely N-dealkylation sites (tertiary alicyclic amines) is 1. The summed E-state index contributed by atoms with van der Waals surface area (Å²) in [5, 5.41) is 2.89. The second-order valence-electron chi connectivity index (χ2n) is 7.45. The molecule has 2 amide bonds. The maximum absolute atomic E-state index is 12.2. The van der Waals surface area contributed by atoms with Crippen LogP contribution in [0.3, 0.4) is 0 Å². The second kappa shape index (κ2) is 8.23. The van der Waals surface area contributed by atoms with Crippen molar-refractivity contribution in [2.24, 2.45) is 0 Å². The first kappa shape index (κ1) is 19.1. The monoisotopic (exact) mass is 348 g/mol. The molecule has 1 aliphatic heterocycles. The first-order valence-corrected chi connectivity index (χ1v) is 8.71. The zero-order valence-electron chi connectivity index (χ0n) is 15.5. The van der Waals surface area contributed by atoms with Gasteiger partial charge >= 0.3 is 12.2 Å². The molecule has 2 rings (SSSR count). The quantitative estimate of drug-likeness (QED) is 0.904. The lowest BCUT2D eigenvalue weighted by atomic mass is 9.99. The third-order valence-electron chi connectivity index (χ3n) is 4.04. The highest BCUT2D eigenvalue weighted by atomic mass is 16.6. The lowest BCUT2D eigenvalue weighted by molar-refractivity contribution is 0.00940. The number of carbonyl (C=O) groups is 2. The van der Waals surface area contributed by atoms with Gasteiger partial charge in [0.1, 0.15) is 12.2 Å². The molecule has 1 aromatic carbocycles. The summed E-state index contributed by atoms with van der Waals surface area (Å²) in [5.74, 6) is 0. The van der Waals surface area contributed by atoms with Gasteiger partial charge in [0.2, 0.25) is 0 Å². The molecule has 0 spiro atoms. The number of rotatable bonds is 3. The highest BCUT2D eigenvalue weighted by molar-refractivity contribution is 5.69. The van der Waals surface area contributed by atoms with Gasteiger partial charge in [-0.1, -0.05) is 30.3 Å². The molecule has 0 radical (unpaired) electrons. The first-order chi connectivity index (χ1) is 11.7. The molecule has 0 aliphatic carbocycles. The summed E-state index contributed by atoms with van der Waals surface area (Å²) in [6.45, 7) is 8.33. The van der Waals surface area contributed by atoms with E-state index in [2.05, 4.69) is 5.32 Å². The number of alkyl carbamates (subject to hydrolysis) is 1. The van der Waals surface area contributed by atoms with E-state index in [1.807, 2.05) is 58.0 Å². The zero-order valence-corrected chi connectivity index (χ0v) is 15.5. The van der Waals surface area contributed by atoms with Crippen LogP contribution in [0.2, 0.25) is 0 Å². The molecule has 0 aromatic heterocycles. The Morgan fingerprint density at radius 1 is 1.24 bits per heavy atom. The summed E-state index contributed by atoms with van der Waals surface area (Å²) in [4.78, 5) is 25.9. The molecule has 1 N–H and O–H groups in total. The van der Waals surface area contributed by atoms with Crippen molar-refractivity contribution in [2.75, 3.05) is 6.54 Å². The van der Waals surface area contributed by atoms with Gasteiger partial charge in [0.15, 0.2) is 0 Å². The Bertz CT molecular complexity index is 583. The van der Waals surface area contributed by atoms with E-state index in [0.29, 0.717) is 19.4 Å². The number of hydrogen-bond acceptors (Lipinski definition) is 4.